The number of halogens is 1. The highest BCUT2D eigenvalue weighted by Crippen LogP contribution is 2.11. The molecule has 3 rings (SSSR count). The number of rotatable bonds is 6. The molecule has 0 radical (unpaired) electrons. The summed E-state index contributed by atoms with van der Waals surface area (Å²) in [5.41, 5.74) is 3.51. The van der Waals surface area contributed by atoms with Crippen LogP contribution < -0.4 is 5.32 Å². The molecule has 0 aliphatic heterocycles. The van der Waals surface area contributed by atoms with E-state index < -0.39 is 0 Å². The Morgan fingerprint density at radius 1 is 1.12 bits per heavy atom. The fraction of sp³-hybridized carbons (Fsp3) is 0.300. The minimum Gasteiger partial charge on any atom is -0.356 e. The second-order valence-corrected chi connectivity index (χ2v) is 6.10. The van der Waals surface area contributed by atoms with Gasteiger partial charge in [-0.3, -0.25) is 4.99 Å². The van der Waals surface area contributed by atoms with Crippen molar-refractivity contribution in [1.29, 1.82) is 0 Å². The van der Waals surface area contributed by atoms with Crippen LogP contribution in [0.15, 0.2) is 65.9 Å². The summed E-state index contributed by atoms with van der Waals surface area (Å²) in [6.07, 6.45) is 2.93. The molecule has 0 fully saturated rings. The number of nitrogens with zero attached hydrogens (tertiary/aromatic N) is 4. The normalized spacial score (nSPS) is 11.2. The molecule has 0 saturated carbocycles. The van der Waals surface area contributed by atoms with Gasteiger partial charge in [-0.15, -0.1) is 24.0 Å². The molecule has 1 heterocycles. The maximum absolute atomic E-state index is 4.43. The second-order valence-electron chi connectivity index (χ2n) is 6.10. The van der Waals surface area contributed by atoms with Crippen LogP contribution in [0.5, 0.6) is 0 Å². The number of aliphatic imine (C=N–C) groups is 1. The van der Waals surface area contributed by atoms with Gasteiger partial charge in [0.25, 0.3) is 0 Å². The number of hydrogen-bond donors (Lipinski definition) is 1. The first kappa shape index (κ1) is 20.2. The molecule has 138 valence electrons. The summed E-state index contributed by atoms with van der Waals surface area (Å²) in [6.45, 7) is 2.65. The number of hydrogen-bond acceptors (Lipinski definition) is 2. The number of fused-ring (bicyclic) bond motifs is 1. The molecule has 2 aromatic carbocycles. The van der Waals surface area contributed by atoms with Crippen molar-refractivity contribution in [2.75, 3.05) is 20.6 Å². The number of aromatic nitrogens is 2. The van der Waals surface area contributed by atoms with E-state index in [1.165, 1.54) is 11.1 Å². The van der Waals surface area contributed by atoms with E-state index in [0.717, 1.165) is 37.5 Å². The summed E-state index contributed by atoms with van der Waals surface area (Å²) in [6, 6.07) is 18.7. The van der Waals surface area contributed by atoms with Crippen LogP contribution in [0.4, 0.5) is 0 Å². The second kappa shape index (κ2) is 10.2. The lowest BCUT2D eigenvalue weighted by atomic mass is 10.2. The summed E-state index contributed by atoms with van der Waals surface area (Å²) in [5.74, 6) is 0.916. The third-order valence-electron chi connectivity index (χ3n) is 4.22. The van der Waals surface area contributed by atoms with E-state index in [4.69, 9.17) is 0 Å². The van der Waals surface area contributed by atoms with Crippen LogP contribution in [-0.4, -0.2) is 41.1 Å². The number of aryl methyl sites for hydroxylation is 1. The molecule has 0 unspecified atom stereocenters. The van der Waals surface area contributed by atoms with Crippen molar-refractivity contribution in [1.82, 2.24) is 19.8 Å². The van der Waals surface area contributed by atoms with Crippen LogP contribution in [0.1, 0.15) is 12.0 Å². The predicted octanol–water partition coefficient (Wildman–Crippen LogP) is 3.75. The van der Waals surface area contributed by atoms with Gasteiger partial charge in [-0.05, 0) is 24.1 Å². The highest BCUT2D eigenvalue weighted by atomic mass is 127. The Hall–Kier alpha value is -2.09. The van der Waals surface area contributed by atoms with Gasteiger partial charge < -0.3 is 14.8 Å². The average Bonchev–Trinajstić information content (AvgIpc) is 3.06. The lowest BCUT2D eigenvalue weighted by Crippen LogP contribution is -2.39. The minimum atomic E-state index is 0. The average molecular weight is 463 g/mol. The maximum Gasteiger partial charge on any atom is 0.193 e. The van der Waals surface area contributed by atoms with Gasteiger partial charge in [-0.25, -0.2) is 4.98 Å². The molecule has 26 heavy (non-hydrogen) atoms. The van der Waals surface area contributed by atoms with Gasteiger partial charge in [-0.2, -0.15) is 0 Å². The molecule has 0 saturated heterocycles. The first-order valence-electron chi connectivity index (χ1n) is 8.63. The quantitative estimate of drug-likeness (QED) is 0.262. The highest BCUT2D eigenvalue weighted by molar-refractivity contribution is 14.0. The summed E-state index contributed by atoms with van der Waals surface area (Å²) >= 11 is 0. The predicted molar refractivity (Wildman–Crippen MR) is 119 cm³/mol. The zero-order valence-corrected chi connectivity index (χ0v) is 17.6. The maximum atomic E-state index is 4.43. The smallest absolute Gasteiger partial charge is 0.193 e. The van der Waals surface area contributed by atoms with Gasteiger partial charge in [-0.1, -0.05) is 42.5 Å². The lowest BCUT2D eigenvalue weighted by molar-refractivity contribution is 0.473. The van der Waals surface area contributed by atoms with Crippen molar-refractivity contribution in [2.45, 2.75) is 19.5 Å². The zero-order chi connectivity index (χ0) is 17.5. The molecule has 1 aromatic heterocycles. The Morgan fingerprint density at radius 2 is 1.85 bits per heavy atom. The standard InChI is InChI=1S/C20H25N5.HI/c1-21-20(24(2)15-17-9-4-3-5-10-17)22-13-8-14-25-16-23-18-11-6-7-12-19(18)25;/h3-7,9-12,16H,8,13-15H2,1-2H3,(H,21,22);1H. The summed E-state index contributed by atoms with van der Waals surface area (Å²) < 4.78 is 2.20. The van der Waals surface area contributed by atoms with Crippen molar-refractivity contribution < 1.29 is 0 Å². The summed E-state index contributed by atoms with van der Waals surface area (Å²) in [4.78, 5) is 11.0. The number of benzene rings is 2. The molecular formula is C20H26IN5. The fourth-order valence-corrected chi connectivity index (χ4v) is 2.95. The van der Waals surface area contributed by atoms with E-state index in [2.05, 4.69) is 68.2 Å². The van der Waals surface area contributed by atoms with Gasteiger partial charge >= 0.3 is 0 Å². The molecule has 3 aromatic rings. The van der Waals surface area contributed by atoms with E-state index in [1.54, 1.807) is 0 Å². The van der Waals surface area contributed by atoms with E-state index >= 15 is 0 Å². The topological polar surface area (TPSA) is 45.5 Å². The van der Waals surface area contributed by atoms with Crippen LogP contribution in [0.25, 0.3) is 11.0 Å². The lowest BCUT2D eigenvalue weighted by Gasteiger charge is -2.22. The molecular weight excluding hydrogens is 437 g/mol. The van der Waals surface area contributed by atoms with Crippen LogP contribution in [0.2, 0.25) is 0 Å². The van der Waals surface area contributed by atoms with Crippen molar-refractivity contribution in [2.24, 2.45) is 4.99 Å². The molecule has 0 amide bonds. The van der Waals surface area contributed by atoms with E-state index in [-0.39, 0.29) is 24.0 Å². The number of nitrogens with one attached hydrogen (secondary N) is 1. The molecule has 1 N–H and O–H groups in total. The molecule has 0 atom stereocenters. The fourth-order valence-electron chi connectivity index (χ4n) is 2.95. The molecule has 6 heteroatoms. The van der Waals surface area contributed by atoms with Gasteiger partial charge in [0.1, 0.15) is 0 Å². The minimum absolute atomic E-state index is 0. The van der Waals surface area contributed by atoms with Gasteiger partial charge in [0, 0.05) is 33.7 Å². The Balaban J connectivity index is 0.00000243. The van der Waals surface area contributed by atoms with E-state index in [0.29, 0.717) is 0 Å². The Bertz CT molecular complexity index is 828. The van der Waals surface area contributed by atoms with Crippen molar-refractivity contribution in [3.8, 4) is 0 Å². The van der Waals surface area contributed by atoms with Crippen LogP contribution >= 0.6 is 24.0 Å². The summed E-state index contributed by atoms with van der Waals surface area (Å²) in [7, 11) is 3.89. The first-order valence-corrected chi connectivity index (χ1v) is 8.63. The Kier molecular flexibility index (Phi) is 7.90. The van der Waals surface area contributed by atoms with Crippen molar-refractivity contribution >= 4 is 41.0 Å². The Labute approximate surface area is 172 Å². The monoisotopic (exact) mass is 463 g/mol. The van der Waals surface area contributed by atoms with E-state index in [1.807, 2.05) is 31.6 Å². The molecule has 0 spiro atoms. The van der Waals surface area contributed by atoms with Gasteiger partial charge in [0.2, 0.25) is 0 Å². The van der Waals surface area contributed by atoms with E-state index in [9.17, 15) is 0 Å². The third kappa shape index (κ3) is 5.20. The molecule has 5 nitrogen and oxygen atoms in total. The molecule has 0 aliphatic rings. The highest BCUT2D eigenvalue weighted by Gasteiger charge is 2.06. The van der Waals surface area contributed by atoms with Crippen molar-refractivity contribution in [3.05, 3.63) is 66.5 Å². The number of imidazole rings is 1. The number of para-hydroxylation sites is 2. The first-order chi connectivity index (χ1) is 12.3. The Morgan fingerprint density at radius 3 is 2.62 bits per heavy atom. The van der Waals surface area contributed by atoms with Crippen LogP contribution in [-0.2, 0) is 13.1 Å². The largest absolute Gasteiger partial charge is 0.356 e. The van der Waals surface area contributed by atoms with Gasteiger partial charge in [0.05, 0.1) is 17.4 Å². The van der Waals surface area contributed by atoms with Crippen LogP contribution in [0.3, 0.4) is 0 Å². The SMILES string of the molecule is CN=C(NCCCn1cnc2ccccc21)N(C)Cc1ccccc1.I. The van der Waals surface area contributed by atoms with Gasteiger partial charge in [0.15, 0.2) is 5.96 Å². The summed E-state index contributed by atoms with van der Waals surface area (Å²) in [5, 5.41) is 3.44. The molecule has 0 bridgehead atoms. The molecule has 0 aliphatic carbocycles. The number of guanidine groups is 1. The zero-order valence-electron chi connectivity index (χ0n) is 15.3. The van der Waals surface area contributed by atoms with Crippen LogP contribution in [0, 0.1) is 0 Å². The third-order valence-corrected chi connectivity index (χ3v) is 4.22. The van der Waals surface area contributed by atoms with Crippen molar-refractivity contribution in [3.63, 3.8) is 0 Å².